The van der Waals surface area contributed by atoms with Crippen molar-refractivity contribution in [1.82, 2.24) is 0 Å². The molecule has 9 rings (SSSR count). The molecular formula is C51H42S. The minimum Gasteiger partial charge on any atom is -0.142 e. The van der Waals surface area contributed by atoms with Gasteiger partial charge in [0.15, 0.2) is 0 Å². The van der Waals surface area contributed by atoms with Gasteiger partial charge in [-0.2, -0.15) is 0 Å². The number of fused-ring (bicyclic) bond motifs is 5. The van der Waals surface area contributed by atoms with Crippen LogP contribution in [0, 0.1) is 0 Å². The van der Waals surface area contributed by atoms with Gasteiger partial charge in [0, 0.05) is 10.3 Å². The van der Waals surface area contributed by atoms with Gasteiger partial charge in [-0.05, 0) is 120 Å². The molecule has 0 fully saturated rings. The Balaban J connectivity index is 1.16. The summed E-state index contributed by atoms with van der Waals surface area (Å²) in [5.41, 5.74) is 14.3. The van der Waals surface area contributed by atoms with Crippen molar-refractivity contribution in [2.45, 2.75) is 50.3 Å². The average Bonchev–Trinajstić information content (AvgIpc) is 3.45. The van der Waals surface area contributed by atoms with Crippen LogP contribution in [0.2, 0.25) is 0 Å². The fraction of sp³-hybridized carbons (Fsp3) is 0.137. The van der Waals surface area contributed by atoms with Crippen molar-refractivity contribution in [1.29, 1.82) is 0 Å². The molecule has 0 amide bonds. The van der Waals surface area contributed by atoms with Crippen LogP contribution in [-0.2, 0) is 11.8 Å². The summed E-state index contributed by atoms with van der Waals surface area (Å²) in [5.74, 6) is 0. The second-order valence-corrected chi connectivity index (χ2v) is 15.3. The summed E-state index contributed by atoms with van der Waals surface area (Å²) in [7, 11) is 0. The number of rotatable bonds is 5. The zero-order chi connectivity index (χ0) is 35.4. The summed E-state index contributed by atoms with van der Waals surface area (Å²) in [6.07, 6.45) is 14.6. The number of hydrogen-bond acceptors (Lipinski definition) is 1. The largest absolute Gasteiger partial charge is 0.142 e. The monoisotopic (exact) mass is 686 g/mol. The Morgan fingerprint density at radius 2 is 1.35 bits per heavy atom. The van der Waals surface area contributed by atoms with Gasteiger partial charge in [0.1, 0.15) is 0 Å². The van der Waals surface area contributed by atoms with Crippen LogP contribution >= 0.6 is 12.6 Å². The summed E-state index contributed by atoms with van der Waals surface area (Å²) >= 11 is 5.22. The first-order valence-electron chi connectivity index (χ1n) is 18.5. The molecule has 0 bridgehead atoms. The Bertz CT molecular complexity index is 2620. The second kappa shape index (κ2) is 13.0. The molecule has 0 radical (unpaired) electrons. The van der Waals surface area contributed by atoms with E-state index in [0.29, 0.717) is 0 Å². The third-order valence-corrected chi connectivity index (χ3v) is 12.0. The van der Waals surface area contributed by atoms with Gasteiger partial charge in [-0.3, -0.25) is 0 Å². The maximum Gasteiger partial charge on any atom is 0.0201 e. The Hall–Kier alpha value is -5.37. The van der Waals surface area contributed by atoms with E-state index >= 15 is 0 Å². The molecule has 0 saturated carbocycles. The third kappa shape index (κ3) is 5.30. The first-order chi connectivity index (χ1) is 25.4. The normalized spacial score (nSPS) is 16.2. The summed E-state index contributed by atoms with van der Waals surface area (Å²) in [6, 6.07) is 47.0. The van der Waals surface area contributed by atoms with Gasteiger partial charge < -0.3 is 0 Å². The minimum atomic E-state index is -0.154. The average molecular weight is 687 g/mol. The van der Waals surface area contributed by atoms with E-state index in [-0.39, 0.29) is 5.41 Å². The zero-order valence-electron chi connectivity index (χ0n) is 30.1. The highest BCUT2D eigenvalue weighted by Crippen LogP contribution is 2.50. The van der Waals surface area contributed by atoms with Gasteiger partial charge >= 0.3 is 0 Å². The van der Waals surface area contributed by atoms with Crippen molar-refractivity contribution >= 4 is 56.1 Å². The molecule has 52 heavy (non-hydrogen) atoms. The highest BCUT2D eigenvalue weighted by molar-refractivity contribution is 7.80. The molecule has 0 spiro atoms. The van der Waals surface area contributed by atoms with E-state index in [0.717, 1.165) is 24.2 Å². The van der Waals surface area contributed by atoms with Crippen LogP contribution in [0.5, 0.6) is 0 Å². The van der Waals surface area contributed by atoms with E-state index in [1.165, 1.54) is 93.5 Å². The van der Waals surface area contributed by atoms with Crippen LogP contribution in [-0.4, -0.2) is 0 Å². The molecule has 0 aromatic heterocycles. The first kappa shape index (κ1) is 32.5. The van der Waals surface area contributed by atoms with E-state index in [2.05, 4.69) is 179 Å². The third-order valence-electron chi connectivity index (χ3n) is 11.5. The van der Waals surface area contributed by atoms with Gasteiger partial charge in [0.05, 0.1) is 0 Å². The zero-order valence-corrected chi connectivity index (χ0v) is 31.0. The van der Waals surface area contributed by atoms with Gasteiger partial charge in [0.2, 0.25) is 0 Å². The van der Waals surface area contributed by atoms with E-state index < -0.39 is 0 Å². The topological polar surface area (TPSA) is 0 Å². The molecule has 0 nitrogen and oxygen atoms in total. The van der Waals surface area contributed by atoms with Crippen molar-refractivity contribution in [2.75, 3.05) is 0 Å². The number of allylic oxidation sites excluding steroid dienone is 8. The lowest BCUT2D eigenvalue weighted by molar-refractivity contribution is 0.649. The smallest absolute Gasteiger partial charge is 0.0201 e. The van der Waals surface area contributed by atoms with Crippen molar-refractivity contribution < 1.29 is 0 Å². The van der Waals surface area contributed by atoms with Crippen LogP contribution < -0.4 is 0 Å². The molecule has 2 aliphatic carbocycles. The SMILES string of the molecule is C/C=C(\C=C1/Cc2ccc3ccc(-c4ccccc4)c(S)c3c2C1(C)C)c1cccc(-c2c3ccccc3c(C3=CC=CCC3)c3ccccc23)c1. The Kier molecular flexibility index (Phi) is 8.13. The predicted octanol–water partition coefficient (Wildman–Crippen LogP) is 14.4. The van der Waals surface area contributed by atoms with Crippen LogP contribution in [0.1, 0.15) is 55.9 Å². The fourth-order valence-corrected chi connectivity index (χ4v) is 9.39. The Morgan fingerprint density at radius 3 is 2.02 bits per heavy atom. The molecule has 1 heteroatoms. The van der Waals surface area contributed by atoms with E-state index in [4.69, 9.17) is 12.6 Å². The van der Waals surface area contributed by atoms with Gasteiger partial charge in [-0.1, -0.05) is 171 Å². The Labute approximate surface area is 313 Å². The second-order valence-electron chi connectivity index (χ2n) is 14.8. The lowest BCUT2D eigenvalue weighted by Gasteiger charge is -2.25. The van der Waals surface area contributed by atoms with Crippen LogP contribution in [0.15, 0.2) is 168 Å². The molecule has 2 aliphatic rings. The van der Waals surface area contributed by atoms with Crippen molar-refractivity contribution in [3.05, 3.63) is 186 Å². The first-order valence-corrected chi connectivity index (χ1v) is 19.0. The van der Waals surface area contributed by atoms with E-state index in [9.17, 15) is 0 Å². The minimum absolute atomic E-state index is 0.154. The predicted molar refractivity (Wildman–Crippen MR) is 228 cm³/mol. The molecule has 0 unspecified atom stereocenters. The standard InChI is InChI=1S/C51H42S/c1-4-33(31-40-32-39-27-26-36-28-29-41(34-16-7-5-8-17-34)50(52)48(36)49(39)51(40,2)3)37-20-15-21-38(30-37)47-44-24-13-11-22-42(44)46(35-18-9-6-10-19-35)43-23-12-14-25-45(43)47/h4-9,11-18,20-31,52H,10,19,32H2,1-3H3/b33-4+,40-31+. The van der Waals surface area contributed by atoms with Crippen LogP contribution in [0.3, 0.4) is 0 Å². The van der Waals surface area contributed by atoms with Crippen molar-refractivity contribution in [3.63, 3.8) is 0 Å². The molecule has 0 saturated heterocycles. The quantitative estimate of drug-likeness (QED) is 0.135. The lowest BCUT2D eigenvalue weighted by Crippen LogP contribution is -2.16. The van der Waals surface area contributed by atoms with Gasteiger partial charge in [-0.25, -0.2) is 0 Å². The Morgan fingerprint density at radius 1 is 0.692 bits per heavy atom. The van der Waals surface area contributed by atoms with Crippen molar-refractivity contribution in [2.24, 2.45) is 0 Å². The molecular weight excluding hydrogens is 645 g/mol. The number of hydrogen-bond donors (Lipinski definition) is 1. The highest BCUT2D eigenvalue weighted by atomic mass is 32.1. The molecule has 7 aromatic carbocycles. The van der Waals surface area contributed by atoms with Crippen LogP contribution in [0.4, 0.5) is 0 Å². The van der Waals surface area contributed by atoms with Gasteiger partial charge in [-0.15, -0.1) is 12.6 Å². The highest BCUT2D eigenvalue weighted by Gasteiger charge is 2.37. The summed E-state index contributed by atoms with van der Waals surface area (Å²) in [5, 5.41) is 7.79. The van der Waals surface area contributed by atoms with Gasteiger partial charge in [0.25, 0.3) is 0 Å². The molecule has 7 aromatic rings. The number of benzene rings is 7. The maximum atomic E-state index is 5.22. The van der Waals surface area contributed by atoms with E-state index in [1.807, 2.05) is 0 Å². The molecule has 0 heterocycles. The fourth-order valence-electron chi connectivity index (χ4n) is 8.94. The maximum absolute atomic E-state index is 5.22. The molecule has 0 aliphatic heterocycles. The molecule has 0 atom stereocenters. The summed E-state index contributed by atoms with van der Waals surface area (Å²) in [4.78, 5) is 1.07. The molecule has 252 valence electrons. The molecule has 0 N–H and O–H groups in total. The summed E-state index contributed by atoms with van der Waals surface area (Å²) < 4.78 is 0. The van der Waals surface area contributed by atoms with Crippen molar-refractivity contribution in [3.8, 4) is 22.3 Å². The van der Waals surface area contributed by atoms with E-state index in [1.54, 1.807) is 0 Å². The van der Waals surface area contributed by atoms with Crippen LogP contribution in [0.25, 0.3) is 65.7 Å². The summed E-state index contributed by atoms with van der Waals surface area (Å²) in [6.45, 7) is 6.97. The number of thiol groups is 1. The lowest BCUT2D eigenvalue weighted by atomic mass is 9.79.